The highest BCUT2D eigenvalue weighted by atomic mass is 31.1. The molecule has 0 saturated heterocycles. The van der Waals surface area contributed by atoms with E-state index in [1.165, 1.54) is 57.8 Å². The second kappa shape index (κ2) is 14.0. The normalized spacial score (nSPS) is 12.2. The van der Waals surface area contributed by atoms with E-state index >= 15 is 0 Å². The van der Waals surface area contributed by atoms with Gasteiger partial charge in [0.1, 0.15) is 0 Å². The van der Waals surface area contributed by atoms with E-state index in [9.17, 15) is 14.8 Å². The van der Waals surface area contributed by atoms with E-state index in [1.54, 1.807) is 0 Å². The molecule has 0 fully saturated rings. The van der Waals surface area contributed by atoms with Crippen LogP contribution in [0.2, 0.25) is 0 Å². The van der Waals surface area contributed by atoms with Gasteiger partial charge in [-0.05, 0) is 6.42 Å². The maximum absolute atomic E-state index is 11.0. The third kappa shape index (κ3) is 9.85. The van der Waals surface area contributed by atoms with Gasteiger partial charge in [0.15, 0.2) is 8.46 Å². The first-order valence-corrected chi connectivity index (χ1v) is 9.12. The van der Waals surface area contributed by atoms with Crippen molar-refractivity contribution < 1.29 is 14.8 Å². The number of rotatable bonds is 15. The molecule has 0 rings (SSSR count). The Morgan fingerprint density at radius 1 is 0.750 bits per heavy atom. The number of hydrogen-bond acceptors (Lipinski definition) is 3. The summed E-state index contributed by atoms with van der Waals surface area (Å²) in [7, 11) is -0.135. The van der Waals surface area contributed by atoms with Gasteiger partial charge in [-0.2, -0.15) is 0 Å². The fourth-order valence-electron chi connectivity index (χ4n) is 2.43. The number of unbranched alkanes of at least 4 members (excludes halogenated alkanes) is 10. The molecule has 0 aliphatic heterocycles. The molecule has 0 atom stereocenters. The van der Waals surface area contributed by atoms with Crippen LogP contribution in [-0.2, 0) is 4.57 Å². The number of aliphatic hydroxyl groups is 2. The van der Waals surface area contributed by atoms with Crippen LogP contribution in [0.5, 0.6) is 0 Å². The van der Waals surface area contributed by atoms with Crippen molar-refractivity contribution in [3.8, 4) is 0 Å². The van der Waals surface area contributed by atoms with E-state index in [1.807, 2.05) is 0 Å². The number of aliphatic hydroxyl groups excluding tert-OH is 2. The van der Waals surface area contributed by atoms with Crippen LogP contribution in [0, 0.1) is 0 Å². The van der Waals surface area contributed by atoms with E-state index in [0.29, 0.717) is 6.42 Å². The summed E-state index contributed by atoms with van der Waals surface area (Å²) in [6.07, 6.45) is 14.6. The molecule has 0 amide bonds. The molecular weight excluding hydrogens is 271 g/mol. The van der Waals surface area contributed by atoms with Crippen molar-refractivity contribution in [2.24, 2.45) is 0 Å². The highest BCUT2D eigenvalue weighted by Gasteiger charge is 2.28. The molecule has 0 aromatic rings. The lowest BCUT2D eigenvalue weighted by Crippen LogP contribution is -2.31. The summed E-state index contributed by atoms with van der Waals surface area (Å²) >= 11 is 0. The predicted molar refractivity (Wildman–Crippen MR) is 85.6 cm³/mol. The van der Waals surface area contributed by atoms with Gasteiger partial charge in [-0.3, -0.25) is 4.57 Å². The molecule has 0 heterocycles. The number of hydrogen-bond donors (Lipinski definition) is 2. The third-order valence-electron chi connectivity index (χ3n) is 4.03. The summed E-state index contributed by atoms with van der Waals surface area (Å²) in [6, 6.07) is 0. The molecular formula is C16H33O3P. The van der Waals surface area contributed by atoms with Crippen LogP contribution >= 0.6 is 8.46 Å². The lowest BCUT2D eigenvalue weighted by molar-refractivity contribution is 0.160. The highest BCUT2D eigenvalue weighted by molar-refractivity contribution is 7.26. The Labute approximate surface area is 126 Å². The molecule has 0 bridgehead atoms. The van der Waals surface area contributed by atoms with Gasteiger partial charge in [0.2, 0.25) is 0 Å². The smallest absolute Gasteiger partial charge is 0.166 e. The van der Waals surface area contributed by atoms with Crippen LogP contribution in [0.4, 0.5) is 0 Å². The molecule has 2 N–H and O–H groups in total. The minimum Gasteiger partial charge on any atom is -0.395 e. The Morgan fingerprint density at radius 2 is 1.15 bits per heavy atom. The monoisotopic (exact) mass is 304 g/mol. The molecule has 0 spiro atoms. The van der Waals surface area contributed by atoms with Crippen molar-refractivity contribution in [2.75, 3.05) is 13.2 Å². The fourth-order valence-corrected chi connectivity index (χ4v) is 2.79. The van der Waals surface area contributed by atoms with Gasteiger partial charge in [0.25, 0.3) is 0 Å². The molecule has 120 valence electrons. The first kappa shape index (κ1) is 20.0. The fraction of sp³-hybridized carbons (Fsp3) is 1.00. The Balaban J connectivity index is 3.34. The zero-order chi connectivity index (χ0) is 15.1. The molecule has 0 aromatic carbocycles. The Kier molecular flexibility index (Phi) is 14.0. The molecule has 20 heavy (non-hydrogen) atoms. The predicted octanol–water partition coefficient (Wildman–Crippen LogP) is 4.70. The van der Waals surface area contributed by atoms with Crippen molar-refractivity contribution >= 4 is 8.46 Å². The summed E-state index contributed by atoms with van der Waals surface area (Å²) in [4.78, 5) is 0. The lowest BCUT2D eigenvalue weighted by atomic mass is 10.00. The van der Waals surface area contributed by atoms with E-state index in [2.05, 4.69) is 6.92 Å². The van der Waals surface area contributed by atoms with Crippen molar-refractivity contribution in [1.29, 1.82) is 0 Å². The summed E-state index contributed by atoms with van der Waals surface area (Å²) in [5.74, 6) is 0. The average molecular weight is 304 g/mol. The van der Waals surface area contributed by atoms with Crippen LogP contribution in [0.25, 0.3) is 0 Å². The van der Waals surface area contributed by atoms with Crippen LogP contribution < -0.4 is 0 Å². The van der Waals surface area contributed by atoms with Gasteiger partial charge in [0, 0.05) is 0 Å². The molecule has 0 aromatic heterocycles. The maximum atomic E-state index is 11.0. The van der Waals surface area contributed by atoms with Gasteiger partial charge >= 0.3 is 0 Å². The van der Waals surface area contributed by atoms with Crippen molar-refractivity contribution in [3.05, 3.63) is 0 Å². The van der Waals surface area contributed by atoms with E-state index in [0.717, 1.165) is 12.8 Å². The lowest BCUT2D eigenvalue weighted by Gasteiger charge is -2.21. The minimum atomic E-state index is -0.806. The average Bonchev–Trinajstić information content (AvgIpc) is 2.49. The second-order valence-electron chi connectivity index (χ2n) is 5.92. The van der Waals surface area contributed by atoms with Crippen molar-refractivity contribution in [3.63, 3.8) is 0 Å². The Bertz CT molecular complexity index is 218. The van der Waals surface area contributed by atoms with E-state index in [4.69, 9.17) is 0 Å². The van der Waals surface area contributed by atoms with Crippen LogP contribution in [0.15, 0.2) is 0 Å². The summed E-state index contributed by atoms with van der Waals surface area (Å²) in [5, 5.41) is 17.5. The van der Waals surface area contributed by atoms with E-state index < -0.39 is 5.16 Å². The van der Waals surface area contributed by atoms with Crippen LogP contribution in [-0.4, -0.2) is 28.6 Å². The first-order chi connectivity index (χ1) is 9.74. The van der Waals surface area contributed by atoms with Gasteiger partial charge < -0.3 is 10.2 Å². The quantitative estimate of drug-likeness (QED) is 0.340. The van der Waals surface area contributed by atoms with Gasteiger partial charge in [-0.25, -0.2) is 0 Å². The van der Waals surface area contributed by atoms with Gasteiger partial charge in [-0.1, -0.05) is 77.6 Å². The minimum absolute atomic E-state index is 0.135. The summed E-state index contributed by atoms with van der Waals surface area (Å²) in [5.41, 5.74) is 0. The van der Waals surface area contributed by atoms with E-state index in [-0.39, 0.29) is 21.7 Å². The highest BCUT2D eigenvalue weighted by Crippen LogP contribution is 2.28. The summed E-state index contributed by atoms with van der Waals surface area (Å²) in [6.45, 7) is 1.84. The first-order valence-electron chi connectivity index (χ1n) is 8.31. The molecule has 0 saturated carbocycles. The molecule has 3 nitrogen and oxygen atoms in total. The standard InChI is InChI=1S/C16H33O3P/c1-2-3-4-5-6-7-8-9-10-11-12-13-16(14-17,15-18)20-19/h17-18H,2-15H2,1H3. The van der Waals surface area contributed by atoms with Gasteiger partial charge in [0.05, 0.1) is 18.4 Å². The SMILES string of the molecule is CCCCCCCCCCCCCC(CO)(CO)P=O. The maximum Gasteiger partial charge on any atom is 0.166 e. The van der Waals surface area contributed by atoms with Crippen LogP contribution in [0.1, 0.15) is 84.0 Å². The molecule has 0 aliphatic rings. The third-order valence-corrected chi connectivity index (χ3v) is 4.92. The Hall–Kier alpha value is 0.0200. The Morgan fingerprint density at radius 3 is 1.50 bits per heavy atom. The second-order valence-corrected chi connectivity index (χ2v) is 7.05. The topological polar surface area (TPSA) is 57.5 Å². The zero-order valence-electron chi connectivity index (χ0n) is 13.1. The largest absolute Gasteiger partial charge is 0.395 e. The zero-order valence-corrected chi connectivity index (χ0v) is 14.0. The molecule has 0 radical (unpaired) electrons. The van der Waals surface area contributed by atoms with Crippen molar-refractivity contribution in [1.82, 2.24) is 0 Å². The molecule has 0 unspecified atom stereocenters. The molecule has 0 aliphatic carbocycles. The van der Waals surface area contributed by atoms with Crippen molar-refractivity contribution in [2.45, 2.75) is 89.1 Å². The summed E-state index contributed by atoms with van der Waals surface area (Å²) < 4.78 is 11.0. The van der Waals surface area contributed by atoms with Crippen LogP contribution in [0.3, 0.4) is 0 Å². The van der Waals surface area contributed by atoms with Gasteiger partial charge in [-0.15, -0.1) is 0 Å². The molecule has 4 heteroatoms.